The quantitative estimate of drug-likeness (QED) is 0.642. The third kappa shape index (κ3) is 3.68. The second kappa shape index (κ2) is 7.66. The molecule has 1 aromatic carbocycles. The molecule has 0 spiro atoms. The van der Waals surface area contributed by atoms with Crippen molar-refractivity contribution in [2.75, 3.05) is 13.2 Å². The van der Waals surface area contributed by atoms with Crippen LogP contribution in [0.5, 0.6) is 5.75 Å². The van der Waals surface area contributed by atoms with Crippen molar-refractivity contribution in [3.05, 3.63) is 52.1 Å². The van der Waals surface area contributed by atoms with Gasteiger partial charge in [-0.15, -0.1) is 11.3 Å². The zero-order valence-corrected chi connectivity index (χ0v) is 16.5. The average molecular weight is 401 g/mol. The molecule has 27 heavy (non-hydrogen) atoms. The fourth-order valence-electron chi connectivity index (χ4n) is 3.28. The molecule has 3 heterocycles. The molecule has 1 aliphatic heterocycles. The number of carbonyl (C=O) groups excluding carboxylic acids is 1. The molecule has 2 N–H and O–H groups in total. The van der Waals surface area contributed by atoms with Crippen molar-refractivity contribution < 1.29 is 9.53 Å². The summed E-state index contributed by atoms with van der Waals surface area (Å²) in [6.45, 7) is 3.01. The lowest BCUT2D eigenvalue weighted by Gasteiger charge is -2.26. The molecule has 0 fully saturated rings. The Bertz CT molecular complexity index is 993. The lowest BCUT2D eigenvalue weighted by atomic mass is 9.96. The molecule has 1 amide bonds. The van der Waals surface area contributed by atoms with Gasteiger partial charge in [-0.2, -0.15) is 5.10 Å². The summed E-state index contributed by atoms with van der Waals surface area (Å²) in [5, 5.41) is 12.1. The molecule has 2 aromatic heterocycles. The number of aromatic amines is 1. The van der Waals surface area contributed by atoms with E-state index in [4.69, 9.17) is 17.0 Å². The molecule has 140 valence electrons. The summed E-state index contributed by atoms with van der Waals surface area (Å²) < 4.78 is 8.01. The van der Waals surface area contributed by atoms with Crippen LogP contribution in [0.2, 0.25) is 0 Å². The predicted octanol–water partition coefficient (Wildman–Crippen LogP) is 3.60. The molecule has 0 saturated heterocycles. The Hall–Kier alpha value is -2.45. The highest BCUT2D eigenvalue weighted by molar-refractivity contribution is 7.71. The van der Waals surface area contributed by atoms with Gasteiger partial charge in [-0.05, 0) is 48.6 Å². The molecule has 4 rings (SSSR count). The number of H-pyrrole nitrogens is 1. The third-order valence-corrected chi connectivity index (χ3v) is 5.89. The molecule has 3 aromatic rings. The Morgan fingerprint density at radius 3 is 3.11 bits per heavy atom. The van der Waals surface area contributed by atoms with E-state index >= 15 is 0 Å². The van der Waals surface area contributed by atoms with Crippen LogP contribution in [0.25, 0.3) is 10.7 Å². The third-order valence-electron chi connectivity index (χ3n) is 4.73. The van der Waals surface area contributed by atoms with Gasteiger partial charge < -0.3 is 10.1 Å². The van der Waals surface area contributed by atoms with Crippen LogP contribution in [-0.2, 0) is 11.2 Å². The lowest BCUT2D eigenvalue weighted by Crippen LogP contribution is -2.38. The highest BCUT2D eigenvalue weighted by Crippen LogP contribution is 2.27. The van der Waals surface area contributed by atoms with E-state index in [0.717, 1.165) is 17.0 Å². The van der Waals surface area contributed by atoms with Gasteiger partial charge in [0.15, 0.2) is 10.6 Å². The molecular formula is C19H20N4O2S2. The summed E-state index contributed by atoms with van der Waals surface area (Å²) in [5.41, 5.74) is 1.19. The number of benzene rings is 1. The SMILES string of the molecule is CC(C(=O)NCC1COc2ccccc2C1)n1c(-c2cccs2)n[nH]c1=S. The number of aromatic nitrogens is 3. The van der Waals surface area contributed by atoms with Crippen LogP contribution in [-0.4, -0.2) is 33.8 Å². The smallest absolute Gasteiger partial charge is 0.242 e. The van der Waals surface area contributed by atoms with E-state index < -0.39 is 6.04 Å². The summed E-state index contributed by atoms with van der Waals surface area (Å²) in [6, 6.07) is 11.5. The summed E-state index contributed by atoms with van der Waals surface area (Å²) in [7, 11) is 0. The Kier molecular flexibility index (Phi) is 5.09. The number of rotatable bonds is 5. The molecule has 8 heteroatoms. The van der Waals surface area contributed by atoms with Crippen LogP contribution in [0.15, 0.2) is 41.8 Å². The summed E-state index contributed by atoms with van der Waals surface area (Å²) in [5.74, 6) is 1.81. The zero-order valence-electron chi connectivity index (χ0n) is 14.8. The van der Waals surface area contributed by atoms with Crippen LogP contribution < -0.4 is 10.1 Å². The number of hydrogen-bond donors (Lipinski definition) is 2. The minimum atomic E-state index is -0.454. The number of fused-ring (bicyclic) bond motifs is 1. The summed E-state index contributed by atoms with van der Waals surface area (Å²) in [6.07, 6.45) is 0.899. The van der Waals surface area contributed by atoms with Gasteiger partial charge in [0.2, 0.25) is 5.91 Å². The number of amides is 1. The van der Waals surface area contributed by atoms with E-state index in [9.17, 15) is 4.79 Å². The average Bonchev–Trinajstić information content (AvgIpc) is 3.35. The van der Waals surface area contributed by atoms with E-state index in [1.807, 2.05) is 42.6 Å². The van der Waals surface area contributed by atoms with Crippen LogP contribution >= 0.6 is 23.6 Å². The first-order valence-corrected chi connectivity index (χ1v) is 10.1. The van der Waals surface area contributed by atoms with Crippen molar-refractivity contribution in [1.29, 1.82) is 0 Å². The van der Waals surface area contributed by atoms with Gasteiger partial charge in [0.1, 0.15) is 11.8 Å². The number of para-hydroxylation sites is 1. The highest BCUT2D eigenvalue weighted by Gasteiger charge is 2.24. The van der Waals surface area contributed by atoms with Crippen molar-refractivity contribution in [2.24, 2.45) is 5.92 Å². The number of nitrogens with zero attached hydrogens (tertiary/aromatic N) is 2. The van der Waals surface area contributed by atoms with Gasteiger partial charge in [0.25, 0.3) is 0 Å². The molecule has 0 aliphatic carbocycles. The maximum atomic E-state index is 12.7. The Morgan fingerprint density at radius 1 is 1.44 bits per heavy atom. The minimum absolute atomic E-state index is 0.0795. The van der Waals surface area contributed by atoms with Gasteiger partial charge in [-0.3, -0.25) is 14.5 Å². The van der Waals surface area contributed by atoms with Crippen molar-refractivity contribution in [2.45, 2.75) is 19.4 Å². The number of ether oxygens (including phenoxy) is 1. The first-order valence-electron chi connectivity index (χ1n) is 8.82. The van der Waals surface area contributed by atoms with Gasteiger partial charge in [0, 0.05) is 12.5 Å². The Labute approximate surface area is 166 Å². The maximum absolute atomic E-state index is 12.7. The Morgan fingerprint density at radius 2 is 2.30 bits per heavy atom. The highest BCUT2D eigenvalue weighted by atomic mass is 32.1. The van der Waals surface area contributed by atoms with Crippen LogP contribution in [0.4, 0.5) is 0 Å². The zero-order chi connectivity index (χ0) is 18.8. The standard InChI is InChI=1S/C19H20N4O2S2/c1-12(23-17(21-22-19(23)26)16-7-4-8-27-16)18(24)20-10-13-9-14-5-2-3-6-15(14)25-11-13/h2-8,12-13H,9-11H2,1H3,(H,20,24)(H,22,26). The van der Waals surface area contributed by atoms with Crippen LogP contribution in [0.1, 0.15) is 18.5 Å². The van der Waals surface area contributed by atoms with Crippen molar-refractivity contribution >= 4 is 29.5 Å². The summed E-state index contributed by atoms with van der Waals surface area (Å²) in [4.78, 5) is 13.7. The van der Waals surface area contributed by atoms with Gasteiger partial charge in [-0.1, -0.05) is 24.3 Å². The van der Waals surface area contributed by atoms with E-state index in [1.165, 1.54) is 5.56 Å². The normalized spacial score (nSPS) is 17.0. The second-order valence-electron chi connectivity index (χ2n) is 6.61. The molecule has 0 saturated carbocycles. The van der Waals surface area contributed by atoms with Gasteiger partial charge >= 0.3 is 0 Å². The second-order valence-corrected chi connectivity index (χ2v) is 7.94. The van der Waals surface area contributed by atoms with Crippen molar-refractivity contribution in [3.8, 4) is 16.5 Å². The number of hydrogen-bond acceptors (Lipinski definition) is 5. The fraction of sp³-hybridized carbons (Fsp3) is 0.316. The first-order chi connectivity index (χ1) is 13.1. The van der Waals surface area contributed by atoms with Gasteiger partial charge in [0.05, 0.1) is 11.5 Å². The number of thiophene rings is 1. The topological polar surface area (TPSA) is 71.9 Å². The summed E-state index contributed by atoms with van der Waals surface area (Å²) >= 11 is 6.91. The predicted molar refractivity (Wildman–Crippen MR) is 108 cm³/mol. The van der Waals surface area contributed by atoms with E-state index in [2.05, 4.69) is 21.6 Å². The van der Waals surface area contributed by atoms with Crippen molar-refractivity contribution in [1.82, 2.24) is 20.1 Å². The van der Waals surface area contributed by atoms with Crippen molar-refractivity contribution in [3.63, 3.8) is 0 Å². The molecule has 2 atom stereocenters. The largest absolute Gasteiger partial charge is 0.493 e. The molecule has 1 aliphatic rings. The Balaban J connectivity index is 1.43. The molecule has 0 bridgehead atoms. The number of nitrogens with one attached hydrogen (secondary N) is 2. The fourth-order valence-corrected chi connectivity index (χ4v) is 4.28. The maximum Gasteiger partial charge on any atom is 0.242 e. The van der Waals surface area contributed by atoms with E-state index in [1.54, 1.807) is 15.9 Å². The van der Waals surface area contributed by atoms with Crippen LogP contribution in [0, 0.1) is 10.7 Å². The lowest BCUT2D eigenvalue weighted by molar-refractivity contribution is -0.124. The molecule has 0 radical (unpaired) electrons. The van der Waals surface area contributed by atoms with Gasteiger partial charge in [-0.25, -0.2) is 0 Å². The minimum Gasteiger partial charge on any atom is -0.493 e. The van der Waals surface area contributed by atoms with E-state index in [-0.39, 0.29) is 11.8 Å². The van der Waals surface area contributed by atoms with Crippen LogP contribution in [0.3, 0.4) is 0 Å². The van der Waals surface area contributed by atoms with E-state index in [0.29, 0.717) is 23.7 Å². The molecule has 2 unspecified atom stereocenters. The monoisotopic (exact) mass is 400 g/mol. The molecular weight excluding hydrogens is 380 g/mol. The first kappa shape index (κ1) is 17.9. The molecule has 6 nitrogen and oxygen atoms in total. The number of carbonyl (C=O) groups is 1.